The van der Waals surface area contributed by atoms with Gasteiger partial charge in [0, 0.05) is 10.0 Å². The van der Waals surface area contributed by atoms with E-state index in [-0.39, 0.29) is 12.7 Å². The third-order valence-corrected chi connectivity index (χ3v) is 3.63. The van der Waals surface area contributed by atoms with Gasteiger partial charge in [-0.05, 0) is 42.5 Å². The van der Waals surface area contributed by atoms with E-state index in [4.69, 9.17) is 14.2 Å². The highest BCUT2D eigenvalue weighted by Crippen LogP contribution is 2.32. The van der Waals surface area contributed by atoms with Gasteiger partial charge in [-0.25, -0.2) is 0 Å². The van der Waals surface area contributed by atoms with Crippen LogP contribution in [-0.2, 0) is 0 Å². The molecule has 0 saturated carbocycles. The van der Waals surface area contributed by atoms with E-state index in [1.807, 2.05) is 24.3 Å². The molecule has 2 aromatic carbocycles. The van der Waals surface area contributed by atoms with Crippen LogP contribution in [0, 0.1) is 0 Å². The molecule has 0 saturated heterocycles. The lowest BCUT2D eigenvalue weighted by Crippen LogP contribution is -2.28. The summed E-state index contributed by atoms with van der Waals surface area (Å²) < 4.78 is 17.0. The molecule has 0 atom stereocenters. The minimum absolute atomic E-state index is 0.169. The minimum Gasteiger partial charge on any atom is -0.492 e. The van der Waals surface area contributed by atoms with E-state index in [1.165, 1.54) is 0 Å². The van der Waals surface area contributed by atoms with E-state index in [0.29, 0.717) is 30.2 Å². The summed E-state index contributed by atoms with van der Waals surface area (Å²) in [6.45, 7) is 1.02. The van der Waals surface area contributed by atoms with Crippen molar-refractivity contribution >= 4 is 21.8 Å². The Morgan fingerprint density at radius 2 is 1.91 bits per heavy atom. The Balaban J connectivity index is 1.47. The van der Waals surface area contributed by atoms with Crippen molar-refractivity contribution in [1.82, 2.24) is 5.32 Å². The number of ether oxygens (including phenoxy) is 3. The van der Waals surface area contributed by atoms with Gasteiger partial charge < -0.3 is 19.5 Å². The average Bonchev–Trinajstić information content (AvgIpc) is 3.00. The maximum absolute atomic E-state index is 12.0. The van der Waals surface area contributed by atoms with Gasteiger partial charge >= 0.3 is 0 Å². The minimum atomic E-state index is -0.169. The van der Waals surface area contributed by atoms with E-state index >= 15 is 0 Å². The zero-order valence-corrected chi connectivity index (χ0v) is 13.3. The van der Waals surface area contributed by atoms with Crippen LogP contribution in [0.5, 0.6) is 17.2 Å². The molecule has 2 aromatic rings. The van der Waals surface area contributed by atoms with Crippen LogP contribution >= 0.6 is 15.9 Å². The molecule has 0 unspecified atom stereocenters. The molecule has 1 heterocycles. The summed E-state index contributed by atoms with van der Waals surface area (Å²) in [5, 5.41) is 2.80. The lowest BCUT2D eigenvalue weighted by molar-refractivity contribution is 0.0946. The molecule has 114 valence electrons. The highest BCUT2D eigenvalue weighted by molar-refractivity contribution is 9.10. The number of halogens is 1. The molecule has 1 amide bonds. The van der Waals surface area contributed by atoms with Crippen LogP contribution < -0.4 is 19.5 Å². The van der Waals surface area contributed by atoms with E-state index in [9.17, 15) is 4.79 Å². The van der Waals surface area contributed by atoms with Gasteiger partial charge in [-0.15, -0.1) is 0 Å². The Morgan fingerprint density at radius 3 is 2.73 bits per heavy atom. The Labute approximate surface area is 136 Å². The normalized spacial score (nSPS) is 12.0. The molecule has 0 fully saturated rings. The number of benzene rings is 2. The molecular formula is C16H14BrNO4. The van der Waals surface area contributed by atoms with Crippen LogP contribution in [0.2, 0.25) is 0 Å². The molecule has 0 aromatic heterocycles. The third kappa shape index (κ3) is 3.51. The summed E-state index contributed by atoms with van der Waals surface area (Å²) in [4.78, 5) is 12.0. The zero-order chi connectivity index (χ0) is 15.4. The summed E-state index contributed by atoms with van der Waals surface area (Å²) in [6.07, 6.45) is 0. The first kappa shape index (κ1) is 14.7. The van der Waals surface area contributed by atoms with Crippen molar-refractivity contribution < 1.29 is 19.0 Å². The number of nitrogens with one attached hydrogen (secondary N) is 1. The van der Waals surface area contributed by atoms with Crippen LogP contribution in [0.3, 0.4) is 0 Å². The van der Waals surface area contributed by atoms with Crippen molar-refractivity contribution in [1.29, 1.82) is 0 Å². The second-order valence-electron chi connectivity index (χ2n) is 4.63. The van der Waals surface area contributed by atoms with Crippen molar-refractivity contribution in [3.05, 3.63) is 52.5 Å². The number of hydrogen-bond donors (Lipinski definition) is 1. The summed E-state index contributed by atoms with van der Waals surface area (Å²) in [7, 11) is 0. The Morgan fingerprint density at radius 1 is 1.14 bits per heavy atom. The maximum atomic E-state index is 12.0. The molecule has 3 rings (SSSR count). The highest BCUT2D eigenvalue weighted by Gasteiger charge is 2.15. The molecule has 0 radical (unpaired) electrons. The molecule has 6 heteroatoms. The fourth-order valence-electron chi connectivity index (χ4n) is 2.00. The van der Waals surface area contributed by atoms with Gasteiger partial charge in [-0.2, -0.15) is 0 Å². The SMILES string of the molecule is O=C(NCCOc1ccc(Br)cc1)c1ccc2c(c1)OCO2. The summed E-state index contributed by atoms with van der Waals surface area (Å²) >= 11 is 3.36. The smallest absolute Gasteiger partial charge is 0.251 e. The molecule has 0 bridgehead atoms. The number of carbonyl (C=O) groups excluding carboxylic acids is 1. The molecule has 22 heavy (non-hydrogen) atoms. The number of amides is 1. The average molecular weight is 364 g/mol. The van der Waals surface area contributed by atoms with E-state index < -0.39 is 0 Å². The van der Waals surface area contributed by atoms with Gasteiger partial charge in [0.05, 0.1) is 6.54 Å². The first-order chi connectivity index (χ1) is 10.7. The van der Waals surface area contributed by atoms with Gasteiger partial charge in [0.15, 0.2) is 11.5 Å². The van der Waals surface area contributed by atoms with Crippen molar-refractivity contribution in [3.8, 4) is 17.2 Å². The first-order valence-electron chi connectivity index (χ1n) is 6.78. The van der Waals surface area contributed by atoms with Crippen molar-refractivity contribution in [2.24, 2.45) is 0 Å². The molecule has 1 aliphatic rings. The lowest BCUT2D eigenvalue weighted by Gasteiger charge is -2.08. The lowest BCUT2D eigenvalue weighted by atomic mass is 10.2. The van der Waals surface area contributed by atoms with Crippen molar-refractivity contribution in [2.45, 2.75) is 0 Å². The third-order valence-electron chi connectivity index (χ3n) is 3.10. The molecule has 1 N–H and O–H groups in total. The second kappa shape index (κ2) is 6.70. The second-order valence-corrected chi connectivity index (χ2v) is 5.54. The van der Waals surface area contributed by atoms with Crippen LogP contribution in [0.1, 0.15) is 10.4 Å². The predicted octanol–water partition coefficient (Wildman–Crippen LogP) is 2.99. The monoisotopic (exact) mass is 363 g/mol. The van der Waals surface area contributed by atoms with E-state index in [2.05, 4.69) is 21.2 Å². The standard InChI is InChI=1S/C16H14BrNO4/c17-12-2-4-13(5-3-12)20-8-7-18-16(19)11-1-6-14-15(9-11)22-10-21-14/h1-6,9H,7-8,10H2,(H,18,19). The van der Waals surface area contributed by atoms with Crippen LogP contribution in [0.15, 0.2) is 46.9 Å². The van der Waals surface area contributed by atoms with Gasteiger partial charge in [-0.3, -0.25) is 4.79 Å². The molecule has 0 aliphatic carbocycles. The van der Waals surface area contributed by atoms with Crippen LogP contribution in [0.4, 0.5) is 0 Å². The summed E-state index contributed by atoms with van der Waals surface area (Å²) in [5.41, 5.74) is 0.535. The quantitative estimate of drug-likeness (QED) is 0.829. The molecule has 0 spiro atoms. The Bertz CT molecular complexity index is 672. The number of fused-ring (bicyclic) bond motifs is 1. The number of rotatable bonds is 5. The van der Waals surface area contributed by atoms with Crippen LogP contribution in [-0.4, -0.2) is 25.9 Å². The summed E-state index contributed by atoms with van der Waals surface area (Å²) in [5.74, 6) is 1.85. The van der Waals surface area contributed by atoms with E-state index in [1.54, 1.807) is 18.2 Å². The molecule has 1 aliphatic heterocycles. The number of hydrogen-bond acceptors (Lipinski definition) is 4. The zero-order valence-electron chi connectivity index (χ0n) is 11.7. The fraction of sp³-hybridized carbons (Fsp3) is 0.188. The van der Waals surface area contributed by atoms with Crippen molar-refractivity contribution in [2.75, 3.05) is 19.9 Å². The van der Waals surface area contributed by atoms with Gasteiger partial charge in [0.1, 0.15) is 12.4 Å². The molecule has 5 nitrogen and oxygen atoms in total. The topological polar surface area (TPSA) is 56.8 Å². The van der Waals surface area contributed by atoms with Gasteiger partial charge in [0.25, 0.3) is 5.91 Å². The summed E-state index contributed by atoms with van der Waals surface area (Å²) in [6, 6.07) is 12.6. The Hall–Kier alpha value is -2.21. The van der Waals surface area contributed by atoms with Gasteiger partial charge in [0.2, 0.25) is 6.79 Å². The van der Waals surface area contributed by atoms with Gasteiger partial charge in [-0.1, -0.05) is 15.9 Å². The maximum Gasteiger partial charge on any atom is 0.251 e. The predicted molar refractivity (Wildman–Crippen MR) is 84.5 cm³/mol. The first-order valence-corrected chi connectivity index (χ1v) is 7.58. The highest BCUT2D eigenvalue weighted by atomic mass is 79.9. The Kier molecular flexibility index (Phi) is 4.48. The molecular weight excluding hydrogens is 350 g/mol. The fourth-order valence-corrected chi connectivity index (χ4v) is 2.27. The van der Waals surface area contributed by atoms with Crippen molar-refractivity contribution in [3.63, 3.8) is 0 Å². The number of carbonyl (C=O) groups is 1. The van der Waals surface area contributed by atoms with E-state index in [0.717, 1.165) is 10.2 Å². The largest absolute Gasteiger partial charge is 0.492 e. The van der Waals surface area contributed by atoms with Crippen LogP contribution in [0.25, 0.3) is 0 Å².